The maximum atomic E-state index is 11.5. The van der Waals surface area contributed by atoms with Crippen LogP contribution < -0.4 is 11.3 Å². The molecule has 1 aromatic heterocycles. The van der Waals surface area contributed by atoms with Crippen molar-refractivity contribution < 1.29 is 9.53 Å². The molecular formula is C11H10N2O3. The number of rotatable bonds is 1. The summed E-state index contributed by atoms with van der Waals surface area (Å²) in [5.74, 6) is -0.653. The Kier molecular flexibility index (Phi) is 2.36. The second kappa shape index (κ2) is 3.69. The number of nitrogens with two attached hydrogens (primary N) is 1. The quantitative estimate of drug-likeness (QED) is 0.550. The van der Waals surface area contributed by atoms with Gasteiger partial charge in [-0.1, -0.05) is 6.07 Å². The van der Waals surface area contributed by atoms with Crippen LogP contribution in [0.3, 0.4) is 0 Å². The number of ether oxygens (including phenoxy) is 1. The number of fused-ring (bicyclic) bond motifs is 1. The van der Waals surface area contributed by atoms with Crippen LogP contribution in [0, 0.1) is 0 Å². The molecule has 0 saturated carbocycles. The molecule has 82 valence electrons. The molecule has 0 atom stereocenters. The van der Waals surface area contributed by atoms with E-state index in [1.54, 1.807) is 18.2 Å². The van der Waals surface area contributed by atoms with Gasteiger partial charge in [0.2, 0.25) is 0 Å². The zero-order valence-corrected chi connectivity index (χ0v) is 8.61. The van der Waals surface area contributed by atoms with Gasteiger partial charge in [-0.25, -0.2) is 4.79 Å². The molecule has 0 aliphatic heterocycles. The van der Waals surface area contributed by atoms with Gasteiger partial charge in [0.05, 0.1) is 12.6 Å². The van der Waals surface area contributed by atoms with Gasteiger partial charge >= 0.3 is 5.97 Å². The third-order valence-corrected chi connectivity index (χ3v) is 2.28. The van der Waals surface area contributed by atoms with E-state index in [1.165, 1.54) is 13.2 Å². The first-order valence-electron chi connectivity index (χ1n) is 4.62. The van der Waals surface area contributed by atoms with E-state index in [9.17, 15) is 9.59 Å². The Labute approximate surface area is 90.8 Å². The van der Waals surface area contributed by atoms with Gasteiger partial charge in [-0.05, 0) is 23.6 Å². The molecule has 0 saturated heterocycles. The molecule has 2 rings (SSSR count). The lowest BCUT2D eigenvalue weighted by Gasteiger charge is -2.02. The Hall–Kier alpha value is -2.30. The number of aromatic amines is 1. The van der Waals surface area contributed by atoms with Crippen LogP contribution in [-0.4, -0.2) is 18.1 Å². The predicted octanol–water partition coefficient (Wildman–Crippen LogP) is 0.897. The van der Waals surface area contributed by atoms with Crippen molar-refractivity contribution >= 4 is 22.6 Å². The molecule has 0 unspecified atom stereocenters. The van der Waals surface area contributed by atoms with Gasteiger partial charge < -0.3 is 15.5 Å². The zero-order chi connectivity index (χ0) is 11.7. The molecule has 3 N–H and O–H groups in total. The van der Waals surface area contributed by atoms with E-state index in [-0.39, 0.29) is 5.56 Å². The zero-order valence-electron chi connectivity index (χ0n) is 8.61. The minimum atomic E-state index is -0.653. The Bertz CT molecular complexity index is 616. The topological polar surface area (TPSA) is 85.2 Å². The minimum absolute atomic E-state index is 0.0141. The number of H-pyrrole nitrogens is 1. The molecule has 0 bridgehead atoms. The van der Waals surface area contributed by atoms with E-state index in [0.29, 0.717) is 11.2 Å². The average Bonchev–Trinajstić information content (AvgIpc) is 2.27. The first-order valence-corrected chi connectivity index (χ1v) is 4.62. The number of carbonyl (C=O) groups excluding carboxylic acids is 1. The highest BCUT2D eigenvalue weighted by Gasteiger charge is 2.11. The third kappa shape index (κ3) is 1.63. The molecule has 0 aliphatic carbocycles. The molecule has 2 aromatic rings. The number of hydrogen-bond acceptors (Lipinski definition) is 4. The standard InChI is InChI=1S/C11H10N2O3/c1-16-11(15)8-4-6-2-3-7(12)5-9(6)13-10(8)14/h2-5H,12H2,1H3,(H,13,14). The third-order valence-electron chi connectivity index (χ3n) is 2.28. The van der Waals surface area contributed by atoms with Crippen LogP contribution in [0.25, 0.3) is 10.9 Å². The molecule has 1 heterocycles. The van der Waals surface area contributed by atoms with Crippen molar-refractivity contribution in [1.29, 1.82) is 0 Å². The lowest BCUT2D eigenvalue weighted by molar-refractivity contribution is 0.0599. The van der Waals surface area contributed by atoms with Gasteiger partial charge in [-0.2, -0.15) is 0 Å². The molecule has 0 fully saturated rings. The smallest absolute Gasteiger partial charge is 0.343 e. The Morgan fingerprint density at radius 1 is 1.38 bits per heavy atom. The molecule has 5 heteroatoms. The number of carbonyl (C=O) groups is 1. The normalized spacial score (nSPS) is 10.3. The van der Waals surface area contributed by atoms with Gasteiger partial charge in [0.15, 0.2) is 0 Å². The first kappa shape index (κ1) is 10.2. The van der Waals surface area contributed by atoms with Gasteiger partial charge in [-0.3, -0.25) is 4.79 Å². The fourth-order valence-corrected chi connectivity index (χ4v) is 1.48. The van der Waals surface area contributed by atoms with E-state index in [1.807, 2.05) is 0 Å². The second-order valence-corrected chi connectivity index (χ2v) is 3.35. The van der Waals surface area contributed by atoms with Crippen LogP contribution in [0.4, 0.5) is 5.69 Å². The summed E-state index contributed by atoms with van der Waals surface area (Å²) in [4.78, 5) is 25.4. The monoisotopic (exact) mass is 218 g/mol. The average molecular weight is 218 g/mol. The minimum Gasteiger partial charge on any atom is -0.465 e. The summed E-state index contributed by atoms with van der Waals surface area (Å²) < 4.78 is 4.51. The molecule has 0 amide bonds. The number of methoxy groups -OCH3 is 1. The van der Waals surface area contributed by atoms with Gasteiger partial charge in [-0.15, -0.1) is 0 Å². The molecular weight excluding hydrogens is 208 g/mol. The Morgan fingerprint density at radius 2 is 2.12 bits per heavy atom. The summed E-state index contributed by atoms with van der Waals surface area (Å²) in [7, 11) is 1.23. The maximum absolute atomic E-state index is 11.5. The van der Waals surface area contributed by atoms with Crippen molar-refractivity contribution in [2.45, 2.75) is 0 Å². The molecule has 0 aliphatic rings. The van der Waals surface area contributed by atoms with Crippen LogP contribution in [0.5, 0.6) is 0 Å². The Morgan fingerprint density at radius 3 is 2.81 bits per heavy atom. The molecule has 5 nitrogen and oxygen atoms in total. The van der Waals surface area contributed by atoms with E-state index in [2.05, 4.69) is 9.72 Å². The number of aromatic nitrogens is 1. The molecule has 0 spiro atoms. The van der Waals surface area contributed by atoms with E-state index in [4.69, 9.17) is 5.73 Å². The fourth-order valence-electron chi connectivity index (χ4n) is 1.48. The number of anilines is 1. The largest absolute Gasteiger partial charge is 0.465 e. The summed E-state index contributed by atoms with van der Waals surface area (Å²) >= 11 is 0. The van der Waals surface area contributed by atoms with Gasteiger partial charge in [0.1, 0.15) is 5.56 Å². The fraction of sp³-hybridized carbons (Fsp3) is 0.0909. The van der Waals surface area contributed by atoms with Gasteiger partial charge in [0.25, 0.3) is 5.56 Å². The number of benzene rings is 1. The molecule has 16 heavy (non-hydrogen) atoms. The number of pyridine rings is 1. The molecule has 0 radical (unpaired) electrons. The highest BCUT2D eigenvalue weighted by molar-refractivity contribution is 5.94. The first-order chi connectivity index (χ1) is 7.61. The van der Waals surface area contributed by atoms with Crippen molar-refractivity contribution in [1.82, 2.24) is 4.98 Å². The maximum Gasteiger partial charge on any atom is 0.343 e. The highest BCUT2D eigenvalue weighted by atomic mass is 16.5. The summed E-state index contributed by atoms with van der Waals surface area (Å²) in [5.41, 5.74) is 6.23. The van der Waals surface area contributed by atoms with E-state index in [0.717, 1.165) is 5.39 Å². The number of hydrogen-bond donors (Lipinski definition) is 2. The summed E-state index contributed by atoms with van der Waals surface area (Å²) in [6, 6.07) is 6.55. The van der Waals surface area contributed by atoms with Crippen molar-refractivity contribution in [3.05, 3.63) is 40.2 Å². The van der Waals surface area contributed by atoms with Crippen LogP contribution in [-0.2, 0) is 4.74 Å². The second-order valence-electron chi connectivity index (χ2n) is 3.35. The predicted molar refractivity (Wildman–Crippen MR) is 60.3 cm³/mol. The number of nitrogen functional groups attached to an aromatic ring is 1. The number of nitrogens with one attached hydrogen (secondary N) is 1. The Balaban J connectivity index is 2.72. The van der Waals surface area contributed by atoms with Crippen molar-refractivity contribution in [3.8, 4) is 0 Å². The summed E-state index contributed by atoms with van der Waals surface area (Å²) in [5, 5.41) is 0.731. The lowest BCUT2D eigenvalue weighted by atomic mass is 10.1. The highest BCUT2D eigenvalue weighted by Crippen LogP contribution is 2.14. The molecule has 1 aromatic carbocycles. The lowest BCUT2D eigenvalue weighted by Crippen LogP contribution is -2.18. The number of esters is 1. The van der Waals surface area contributed by atoms with E-state index >= 15 is 0 Å². The van der Waals surface area contributed by atoms with Gasteiger partial charge in [0, 0.05) is 5.69 Å². The van der Waals surface area contributed by atoms with Crippen molar-refractivity contribution in [3.63, 3.8) is 0 Å². The van der Waals surface area contributed by atoms with Crippen LogP contribution >= 0.6 is 0 Å². The van der Waals surface area contributed by atoms with E-state index < -0.39 is 11.5 Å². The summed E-state index contributed by atoms with van der Waals surface area (Å²) in [6.07, 6.45) is 0. The summed E-state index contributed by atoms with van der Waals surface area (Å²) in [6.45, 7) is 0. The van der Waals surface area contributed by atoms with Crippen molar-refractivity contribution in [2.24, 2.45) is 0 Å². The van der Waals surface area contributed by atoms with Crippen LogP contribution in [0.1, 0.15) is 10.4 Å². The van der Waals surface area contributed by atoms with Crippen molar-refractivity contribution in [2.75, 3.05) is 12.8 Å². The SMILES string of the molecule is COC(=O)c1cc2ccc(N)cc2[nH]c1=O. The van der Waals surface area contributed by atoms with Crippen LogP contribution in [0.15, 0.2) is 29.1 Å². The van der Waals surface area contributed by atoms with Crippen LogP contribution in [0.2, 0.25) is 0 Å².